The molecule has 0 N–H and O–H groups in total. The summed E-state index contributed by atoms with van der Waals surface area (Å²) in [5.41, 5.74) is 0.607. The van der Waals surface area contributed by atoms with E-state index >= 15 is 0 Å². The summed E-state index contributed by atoms with van der Waals surface area (Å²) >= 11 is 3.34. The van der Waals surface area contributed by atoms with E-state index in [0.29, 0.717) is 12.4 Å². The molecular weight excluding hydrogens is 296 g/mol. The molecule has 5 heteroatoms. The van der Waals surface area contributed by atoms with Crippen molar-refractivity contribution in [3.8, 4) is 0 Å². The van der Waals surface area contributed by atoms with Crippen LogP contribution >= 0.6 is 15.9 Å². The minimum absolute atomic E-state index is 0.325. The van der Waals surface area contributed by atoms with Gasteiger partial charge in [0.05, 0.1) is 0 Å². The number of hydrogen-bond acceptors (Lipinski definition) is 3. The van der Waals surface area contributed by atoms with Crippen molar-refractivity contribution >= 4 is 27.8 Å². The van der Waals surface area contributed by atoms with Gasteiger partial charge in [-0.05, 0) is 61.2 Å². The van der Waals surface area contributed by atoms with Gasteiger partial charge in [0.25, 0.3) is 0 Å². The van der Waals surface area contributed by atoms with E-state index in [-0.39, 0.29) is 6.09 Å². The number of aryl methyl sites for hydroxylation is 1. The third-order valence-corrected chi connectivity index (χ3v) is 3.06. The molecule has 18 heavy (non-hydrogen) atoms. The number of aromatic nitrogens is 1. The van der Waals surface area contributed by atoms with Crippen LogP contribution in [0.4, 0.5) is 10.6 Å². The second kappa shape index (κ2) is 4.88. The maximum absolute atomic E-state index is 12.1. The van der Waals surface area contributed by atoms with E-state index in [1.165, 1.54) is 0 Å². The van der Waals surface area contributed by atoms with Crippen molar-refractivity contribution in [2.75, 3.05) is 11.4 Å². The molecule has 0 bridgehead atoms. The summed E-state index contributed by atoms with van der Waals surface area (Å²) in [4.78, 5) is 18.1. The van der Waals surface area contributed by atoms with Crippen LogP contribution in [-0.4, -0.2) is 23.2 Å². The van der Waals surface area contributed by atoms with Crippen LogP contribution in [-0.2, 0) is 11.2 Å². The Morgan fingerprint density at radius 2 is 2.17 bits per heavy atom. The molecule has 0 aliphatic carbocycles. The second-order valence-corrected chi connectivity index (χ2v) is 6.16. The molecule has 0 spiro atoms. The Hall–Kier alpha value is -1.10. The lowest BCUT2D eigenvalue weighted by Gasteiger charge is -2.30. The number of fused-ring (bicyclic) bond motifs is 1. The third-order valence-electron chi connectivity index (χ3n) is 2.62. The number of nitrogens with zero attached hydrogens (tertiary/aromatic N) is 2. The molecule has 0 fully saturated rings. The number of rotatable bonds is 0. The fraction of sp³-hybridized carbons (Fsp3) is 0.538. The van der Waals surface area contributed by atoms with Gasteiger partial charge < -0.3 is 4.74 Å². The second-order valence-electron chi connectivity index (χ2n) is 5.35. The number of pyridine rings is 1. The lowest BCUT2D eigenvalue weighted by atomic mass is 10.1. The Morgan fingerprint density at radius 1 is 1.44 bits per heavy atom. The number of carbonyl (C=O) groups is 1. The van der Waals surface area contributed by atoms with Crippen molar-refractivity contribution in [1.29, 1.82) is 0 Å². The van der Waals surface area contributed by atoms with Gasteiger partial charge in [0.15, 0.2) is 0 Å². The monoisotopic (exact) mass is 312 g/mol. The Balaban J connectivity index is 2.27. The zero-order chi connectivity index (χ0) is 13.3. The maximum Gasteiger partial charge on any atom is 0.416 e. The zero-order valence-electron chi connectivity index (χ0n) is 10.9. The maximum atomic E-state index is 12.1. The highest BCUT2D eigenvalue weighted by atomic mass is 79.9. The quantitative estimate of drug-likeness (QED) is 0.688. The first-order valence-electron chi connectivity index (χ1n) is 6.03. The highest BCUT2D eigenvalue weighted by molar-refractivity contribution is 9.10. The van der Waals surface area contributed by atoms with E-state index < -0.39 is 5.60 Å². The molecular formula is C13H17BrN2O2. The predicted molar refractivity (Wildman–Crippen MR) is 73.8 cm³/mol. The summed E-state index contributed by atoms with van der Waals surface area (Å²) in [6.07, 6.45) is 1.57. The van der Waals surface area contributed by atoms with E-state index in [2.05, 4.69) is 20.9 Å². The number of anilines is 1. The van der Waals surface area contributed by atoms with Gasteiger partial charge in [-0.25, -0.2) is 9.78 Å². The van der Waals surface area contributed by atoms with Gasteiger partial charge in [-0.2, -0.15) is 0 Å². The van der Waals surface area contributed by atoms with E-state index in [9.17, 15) is 4.79 Å². The van der Waals surface area contributed by atoms with Gasteiger partial charge in [-0.3, -0.25) is 4.90 Å². The molecule has 1 aromatic rings. The summed E-state index contributed by atoms with van der Waals surface area (Å²) in [6.45, 7) is 6.25. The number of halogens is 1. The number of carbonyl (C=O) groups excluding carboxylic acids is 1. The highest BCUT2D eigenvalue weighted by Crippen LogP contribution is 2.28. The smallest absolute Gasteiger partial charge is 0.416 e. The molecule has 1 amide bonds. The first-order chi connectivity index (χ1) is 8.37. The van der Waals surface area contributed by atoms with Crippen LogP contribution in [0.25, 0.3) is 0 Å². The molecule has 98 valence electrons. The number of hydrogen-bond donors (Lipinski definition) is 0. The molecule has 1 aliphatic rings. The minimum Gasteiger partial charge on any atom is -0.443 e. The lowest BCUT2D eigenvalue weighted by molar-refractivity contribution is 0.0576. The summed E-state index contributed by atoms with van der Waals surface area (Å²) in [5, 5.41) is 0. The Bertz CT molecular complexity index is 469. The third kappa shape index (κ3) is 3.02. The Morgan fingerprint density at radius 3 is 2.83 bits per heavy atom. The first kappa shape index (κ1) is 13.3. The molecule has 0 atom stereocenters. The SMILES string of the molecule is CC(C)(C)OC(=O)N1CCCc2ccc(Br)nc21. The van der Waals surface area contributed by atoms with Crippen molar-refractivity contribution in [2.45, 2.75) is 39.2 Å². The molecule has 0 saturated heterocycles. The van der Waals surface area contributed by atoms with Crippen LogP contribution in [0.15, 0.2) is 16.7 Å². The van der Waals surface area contributed by atoms with E-state index in [1.807, 2.05) is 32.9 Å². The molecule has 1 aromatic heterocycles. The average molecular weight is 313 g/mol. The summed E-state index contributed by atoms with van der Waals surface area (Å²) < 4.78 is 6.14. The predicted octanol–water partition coefficient (Wildman–Crippen LogP) is 3.53. The standard InChI is InChI=1S/C13H17BrN2O2/c1-13(2,3)18-12(17)16-8-4-5-9-6-7-10(14)15-11(9)16/h6-7H,4-5,8H2,1-3H3. The van der Waals surface area contributed by atoms with Gasteiger partial charge >= 0.3 is 6.09 Å². The highest BCUT2D eigenvalue weighted by Gasteiger charge is 2.28. The summed E-state index contributed by atoms with van der Waals surface area (Å²) in [6, 6.07) is 3.90. The van der Waals surface area contributed by atoms with Crippen molar-refractivity contribution in [1.82, 2.24) is 4.98 Å². The molecule has 0 aromatic carbocycles. The van der Waals surface area contributed by atoms with Gasteiger partial charge in [0, 0.05) is 6.54 Å². The van der Waals surface area contributed by atoms with Crippen molar-refractivity contribution in [2.24, 2.45) is 0 Å². The lowest BCUT2D eigenvalue weighted by Crippen LogP contribution is -2.40. The van der Waals surface area contributed by atoms with E-state index in [1.54, 1.807) is 4.90 Å². The van der Waals surface area contributed by atoms with Gasteiger partial charge in [0.1, 0.15) is 16.0 Å². The molecule has 0 unspecified atom stereocenters. The normalized spacial score (nSPS) is 15.2. The van der Waals surface area contributed by atoms with Crippen LogP contribution in [0.2, 0.25) is 0 Å². The fourth-order valence-electron chi connectivity index (χ4n) is 1.91. The molecule has 2 rings (SSSR count). The molecule has 1 aliphatic heterocycles. The number of ether oxygens (including phenoxy) is 1. The van der Waals surface area contributed by atoms with Gasteiger partial charge in [-0.15, -0.1) is 0 Å². The van der Waals surface area contributed by atoms with Gasteiger partial charge in [0.2, 0.25) is 0 Å². The molecule has 0 radical (unpaired) electrons. The van der Waals surface area contributed by atoms with Crippen LogP contribution in [0.1, 0.15) is 32.8 Å². The van der Waals surface area contributed by atoms with Crippen molar-refractivity contribution < 1.29 is 9.53 Å². The summed E-state index contributed by atoms with van der Waals surface area (Å²) in [5.74, 6) is 0.713. The fourth-order valence-corrected chi connectivity index (χ4v) is 2.21. The van der Waals surface area contributed by atoms with E-state index in [0.717, 1.165) is 23.0 Å². The number of amides is 1. The first-order valence-corrected chi connectivity index (χ1v) is 6.82. The molecule has 0 saturated carbocycles. The largest absolute Gasteiger partial charge is 0.443 e. The van der Waals surface area contributed by atoms with Crippen molar-refractivity contribution in [3.63, 3.8) is 0 Å². The zero-order valence-corrected chi connectivity index (χ0v) is 12.5. The van der Waals surface area contributed by atoms with Crippen LogP contribution in [0, 0.1) is 0 Å². The minimum atomic E-state index is -0.485. The van der Waals surface area contributed by atoms with Crippen molar-refractivity contribution in [3.05, 3.63) is 22.3 Å². The Kier molecular flexibility index (Phi) is 3.61. The topological polar surface area (TPSA) is 42.4 Å². The van der Waals surface area contributed by atoms with Crippen LogP contribution in [0.3, 0.4) is 0 Å². The van der Waals surface area contributed by atoms with Crippen LogP contribution in [0.5, 0.6) is 0 Å². The average Bonchev–Trinajstić information content (AvgIpc) is 2.25. The van der Waals surface area contributed by atoms with Crippen LogP contribution < -0.4 is 4.90 Å². The van der Waals surface area contributed by atoms with E-state index in [4.69, 9.17) is 4.74 Å². The molecule has 4 nitrogen and oxygen atoms in total. The molecule has 2 heterocycles. The summed E-state index contributed by atoms with van der Waals surface area (Å²) in [7, 11) is 0. The Labute approximate surface area is 115 Å². The van der Waals surface area contributed by atoms with Gasteiger partial charge in [-0.1, -0.05) is 6.07 Å².